The van der Waals surface area contributed by atoms with Crippen molar-refractivity contribution in [3.8, 4) is 5.75 Å². The van der Waals surface area contributed by atoms with Gasteiger partial charge in [-0.3, -0.25) is 9.69 Å². The molecule has 1 aromatic heterocycles. The maximum absolute atomic E-state index is 13.2. The largest absolute Gasteiger partial charge is 0.471 e. The summed E-state index contributed by atoms with van der Waals surface area (Å²) in [6, 6.07) is 9.90. The van der Waals surface area contributed by atoms with Gasteiger partial charge in [0, 0.05) is 49.0 Å². The van der Waals surface area contributed by atoms with Crippen LogP contribution in [-0.2, 0) is 13.3 Å². The van der Waals surface area contributed by atoms with Crippen molar-refractivity contribution in [2.75, 3.05) is 26.2 Å². The molecule has 0 atom stereocenters. The molecule has 4 rings (SSSR count). The third-order valence-corrected chi connectivity index (χ3v) is 6.65. The third-order valence-electron chi connectivity index (χ3n) is 5.70. The monoisotopic (exact) mass is 490 g/mol. The number of halogens is 3. The molecule has 1 amide bonds. The highest BCUT2D eigenvalue weighted by Gasteiger charge is 2.24. The highest BCUT2D eigenvalue weighted by Crippen LogP contribution is 2.26. The van der Waals surface area contributed by atoms with Gasteiger partial charge in [-0.2, -0.15) is 5.10 Å². The molecular weight excluding hydrogens is 466 g/mol. The van der Waals surface area contributed by atoms with Crippen molar-refractivity contribution in [1.29, 1.82) is 0 Å². The zero-order valence-corrected chi connectivity index (χ0v) is 20.0. The zero-order valence-electron chi connectivity index (χ0n) is 18.5. The molecule has 2 aromatic carbocycles. The third kappa shape index (κ3) is 5.66. The summed E-state index contributed by atoms with van der Waals surface area (Å²) in [6.07, 6.45) is 1.73. The average molecular weight is 491 g/mol. The van der Waals surface area contributed by atoms with E-state index < -0.39 is 0 Å². The van der Waals surface area contributed by atoms with Crippen LogP contribution in [0.4, 0.5) is 4.39 Å². The number of amides is 1. The van der Waals surface area contributed by atoms with E-state index in [0.717, 1.165) is 21.7 Å². The maximum atomic E-state index is 13.2. The Morgan fingerprint density at radius 2 is 1.76 bits per heavy atom. The van der Waals surface area contributed by atoms with Crippen LogP contribution in [0.5, 0.6) is 5.75 Å². The van der Waals surface area contributed by atoms with E-state index in [1.54, 1.807) is 27.9 Å². The van der Waals surface area contributed by atoms with Gasteiger partial charge in [-0.25, -0.2) is 9.07 Å². The van der Waals surface area contributed by atoms with Crippen molar-refractivity contribution >= 4 is 29.1 Å². The van der Waals surface area contributed by atoms with Crippen molar-refractivity contribution in [3.63, 3.8) is 0 Å². The summed E-state index contributed by atoms with van der Waals surface area (Å²) in [4.78, 5) is 16.9. The van der Waals surface area contributed by atoms with Crippen molar-refractivity contribution in [3.05, 3.63) is 80.8 Å². The molecule has 1 aliphatic heterocycles. The number of hydrogen-bond donors (Lipinski definition) is 0. The molecule has 0 aliphatic carbocycles. The first-order valence-corrected chi connectivity index (χ1v) is 11.4. The predicted molar refractivity (Wildman–Crippen MR) is 126 cm³/mol. The second-order valence-corrected chi connectivity index (χ2v) is 8.97. The topological polar surface area (TPSA) is 50.6 Å². The van der Waals surface area contributed by atoms with Gasteiger partial charge in [0.25, 0.3) is 5.91 Å². The van der Waals surface area contributed by atoms with Crippen molar-refractivity contribution < 1.29 is 13.9 Å². The molecule has 0 saturated carbocycles. The lowest BCUT2D eigenvalue weighted by Crippen LogP contribution is -2.48. The maximum Gasteiger partial charge on any atom is 0.274 e. The van der Waals surface area contributed by atoms with Gasteiger partial charge in [0.1, 0.15) is 11.6 Å². The number of rotatable bonds is 6. The minimum absolute atomic E-state index is 0.105. The first-order valence-electron chi connectivity index (χ1n) is 10.7. The van der Waals surface area contributed by atoms with Gasteiger partial charge in [0.2, 0.25) is 0 Å². The SMILES string of the molecule is Cc1cc(OCn2ccc(C(=O)N3CCN(Cc4ccc(F)cc4Cl)CC3)n2)cc(C)c1Cl. The number of aromatic nitrogens is 2. The van der Waals surface area contributed by atoms with Gasteiger partial charge >= 0.3 is 0 Å². The molecular formula is C24H25Cl2FN4O2. The summed E-state index contributed by atoms with van der Waals surface area (Å²) in [5.74, 6) is 0.254. The number of ether oxygens (including phenoxy) is 1. The van der Waals surface area contributed by atoms with Crippen LogP contribution in [0.2, 0.25) is 10.0 Å². The van der Waals surface area contributed by atoms with Gasteiger partial charge in [0.15, 0.2) is 12.4 Å². The molecule has 0 bridgehead atoms. The highest BCUT2D eigenvalue weighted by atomic mass is 35.5. The van der Waals surface area contributed by atoms with E-state index in [1.807, 2.05) is 26.0 Å². The Kier molecular flexibility index (Phi) is 7.22. The summed E-state index contributed by atoms with van der Waals surface area (Å²) in [7, 11) is 0. The molecule has 33 heavy (non-hydrogen) atoms. The molecule has 9 heteroatoms. The molecule has 1 aliphatic rings. The molecule has 2 heterocycles. The van der Waals surface area contributed by atoms with Gasteiger partial charge in [-0.15, -0.1) is 0 Å². The second-order valence-electron chi connectivity index (χ2n) is 8.19. The Morgan fingerprint density at radius 3 is 2.42 bits per heavy atom. The Hall–Kier alpha value is -2.61. The second kappa shape index (κ2) is 10.1. The number of carbonyl (C=O) groups excluding carboxylic acids is 1. The van der Waals surface area contributed by atoms with E-state index in [4.69, 9.17) is 27.9 Å². The smallest absolute Gasteiger partial charge is 0.274 e. The van der Waals surface area contributed by atoms with Crippen molar-refractivity contribution in [2.45, 2.75) is 27.1 Å². The Labute approximate surface area is 202 Å². The van der Waals surface area contributed by atoms with Crippen molar-refractivity contribution in [1.82, 2.24) is 19.6 Å². The number of nitrogens with zero attached hydrogens (tertiary/aromatic N) is 4. The van der Waals surface area contributed by atoms with Crippen LogP contribution >= 0.6 is 23.2 Å². The van der Waals surface area contributed by atoms with Crippen LogP contribution in [-0.4, -0.2) is 51.7 Å². The fourth-order valence-corrected chi connectivity index (χ4v) is 4.18. The average Bonchev–Trinajstić information content (AvgIpc) is 3.27. The van der Waals surface area contributed by atoms with Gasteiger partial charge < -0.3 is 9.64 Å². The number of hydrogen-bond acceptors (Lipinski definition) is 4. The van der Waals surface area contributed by atoms with E-state index >= 15 is 0 Å². The fourth-order valence-electron chi connectivity index (χ4n) is 3.84. The molecule has 0 radical (unpaired) electrons. The Morgan fingerprint density at radius 1 is 1.06 bits per heavy atom. The first-order chi connectivity index (χ1) is 15.8. The molecule has 1 saturated heterocycles. The summed E-state index contributed by atoms with van der Waals surface area (Å²) in [6.45, 7) is 7.27. The first kappa shape index (κ1) is 23.5. The number of aryl methyl sites for hydroxylation is 2. The van der Waals surface area contributed by atoms with Gasteiger partial charge in [0.05, 0.1) is 0 Å². The predicted octanol–water partition coefficient (Wildman–Crippen LogP) is 4.94. The van der Waals surface area contributed by atoms with Gasteiger partial charge in [-0.1, -0.05) is 29.3 Å². The highest BCUT2D eigenvalue weighted by molar-refractivity contribution is 6.32. The van der Waals surface area contributed by atoms with E-state index in [0.29, 0.717) is 49.2 Å². The molecule has 6 nitrogen and oxygen atoms in total. The van der Waals surface area contributed by atoms with E-state index in [9.17, 15) is 9.18 Å². The van der Waals surface area contributed by atoms with Crippen LogP contribution < -0.4 is 4.74 Å². The number of carbonyl (C=O) groups is 1. The van der Waals surface area contributed by atoms with Crippen LogP contribution in [0.15, 0.2) is 42.6 Å². The number of piperazine rings is 1. The minimum Gasteiger partial charge on any atom is -0.471 e. The molecule has 0 spiro atoms. The normalized spacial score (nSPS) is 14.5. The lowest BCUT2D eigenvalue weighted by atomic mass is 10.1. The number of benzene rings is 2. The van der Waals surface area contributed by atoms with Crippen LogP contribution in [0, 0.1) is 19.7 Å². The van der Waals surface area contributed by atoms with Crippen LogP contribution in [0.1, 0.15) is 27.2 Å². The minimum atomic E-state index is -0.345. The summed E-state index contributed by atoms with van der Waals surface area (Å²) in [5.41, 5.74) is 3.16. The molecule has 3 aromatic rings. The Balaban J connectivity index is 1.30. The van der Waals surface area contributed by atoms with E-state index in [2.05, 4.69) is 10.00 Å². The summed E-state index contributed by atoms with van der Waals surface area (Å²) in [5, 5.41) is 5.53. The van der Waals surface area contributed by atoms with Gasteiger partial charge in [-0.05, 0) is 60.9 Å². The van der Waals surface area contributed by atoms with Crippen molar-refractivity contribution in [2.24, 2.45) is 0 Å². The quantitative estimate of drug-likeness (QED) is 0.490. The van der Waals surface area contributed by atoms with Crippen LogP contribution in [0.25, 0.3) is 0 Å². The summed E-state index contributed by atoms with van der Waals surface area (Å²) >= 11 is 12.3. The summed E-state index contributed by atoms with van der Waals surface area (Å²) < 4.78 is 20.7. The Bertz CT molecular complexity index is 1140. The van der Waals surface area contributed by atoms with E-state index in [1.165, 1.54) is 12.1 Å². The molecule has 1 fully saturated rings. The lowest BCUT2D eigenvalue weighted by Gasteiger charge is -2.34. The lowest BCUT2D eigenvalue weighted by molar-refractivity contribution is 0.0621. The standard InChI is InChI=1S/C24H25Cl2FN4O2/c1-16-11-20(12-17(2)23(16)26)33-15-31-6-5-22(28-31)24(32)30-9-7-29(8-10-30)14-18-3-4-19(27)13-21(18)25/h3-6,11-13H,7-10,14-15H2,1-2H3. The molecule has 0 unspecified atom stereocenters. The molecule has 0 N–H and O–H groups in total. The van der Waals surface area contributed by atoms with E-state index in [-0.39, 0.29) is 18.5 Å². The van der Waals surface area contributed by atoms with Crippen LogP contribution in [0.3, 0.4) is 0 Å². The molecule has 174 valence electrons. The zero-order chi connectivity index (χ0) is 23.5. The fraction of sp³-hybridized carbons (Fsp3) is 0.333.